The van der Waals surface area contributed by atoms with Crippen LogP contribution in [0.2, 0.25) is 0 Å². The third-order valence-electron chi connectivity index (χ3n) is 6.26. The molecule has 11 nitrogen and oxygen atoms in total. The lowest BCUT2D eigenvalue weighted by atomic mass is 9.86. The number of carbonyl (C=O) groups excluding carboxylic acids is 1. The highest BCUT2D eigenvalue weighted by molar-refractivity contribution is 5.82. The summed E-state index contributed by atoms with van der Waals surface area (Å²) in [5, 5.41) is 21.9. The summed E-state index contributed by atoms with van der Waals surface area (Å²) in [7, 11) is 0. The number of anilines is 2. The van der Waals surface area contributed by atoms with Gasteiger partial charge in [0.25, 0.3) is 0 Å². The number of nitro groups is 1. The van der Waals surface area contributed by atoms with Crippen molar-refractivity contribution in [2.75, 3.05) is 17.2 Å². The third-order valence-corrected chi connectivity index (χ3v) is 6.26. The summed E-state index contributed by atoms with van der Waals surface area (Å²) < 4.78 is 5.34. The van der Waals surface area contributed by atoms with Crippen molar-refractivity contribution < 1.29 is 14.5 Å². The molecule has 3 N–H and O–H groups in total. The molecule has 11 heteroatoms. The second-order valence-electron chi connectivity index (χ2n) is 10.3. The van der Waals surface area contributed by atoms with Gasteiger partial charge >= 0.3 is 11.8 Å². The van der Waals surface area contributed by atoms with Crippen LogP contribution in [0.1, 0.15) is 52.0 Å². The lowest BCUT2D eigenvalue weighted by Gasteiger charge is -2.30. The number of hydrogen-bond donors (Lipinski definition) is 3. The highest BCUT2D eigenvalue weighted by atomic mass is 16.6. The Morgan fingerprint density at radius 1 is 1.11 bits per heavy atom. The molecule has 4 rings (SSSR count). The van der Waals surface area contributed by atoms with Gasteiger partial charge in [-0.25, -0.2) is 9.78 Å². The summed E-state index contributed by atoms with van der Waals surface area (Å²) in [4.78, 5) is 36.0. The minimum absolute atomic E-state index is 0.0690. The molecule has 2 aromatic heterocycles. The minimum Gasteiger partial charge on any atom is -0.444 e. The van der Waals surface area contributed by atoms with Gasteiger partial charge in [-0.15, -0.1) is 0 Å². The van der Waals surface area contributed by atoms with Crippen molar-refractivity contribution in [3.8, 4) is 0 Å². The fraction of sp³-hybridized carbons (Fsp3) is 0.462. The molecule has 37 heavy (non-hydrogen) atoms. The number of pyridine rings is 1. The van der Waals surface area contributed by atoms with Crippen molar-refractivity contribution in [1.82, 2.24) is 20.3 Å². The molecule has 196 valence electrons. The number of benzene rings is 1. The van der Waals surface area contributed by atoms with E-state index in [9.17, 15) is 14.9 Å². The van der Waals surface area contributed by atoms with E-state index in [2.05, 4.69) is 30.9 Å². The maximum atomic E-state index is 12.0. The number of carbonyl (C=O) groups is 1. The summed E-state index contributed by atoms with van der Waals surface area (Å²) in [6.45, 7) is 6.51. The van der Waals surface area contributed by atoms with Crippen molar-refractivity contribution in [3.05, 3.63) is 58.4 Å². The molecule has 3 aromatic rings. The monoisotopic (exact) mass is 507 g/mol. The first-order valence-corrected chi connectivity index (χ1v) is 12.5. The minimum atomic E-state index is -0.530. The Bertz CT molecular complexity index is 1250. The number of amides is 1. The van der Waals surface area contributed by atoms with Gasteiger partial charge in [-0.05, 0) is 70.1 Å². The zero-order valence-corrected chi connectivity index (χ0v) is 21.4. The Kier molecular flexibility index (Phi) is 8.00. The second kappa shape index (κ2) is 11.4. The van der Waals surface area contributed by atoms with Gasteiger partial charge in [0, 0.05) is 30.7 Å². The number of nitrogens with zero attached hydrogens (tertiary/aromatic N) is 4. The maximum absolute atomic E-state index is 12.0. The summed E-state index contributed by atoms with van der Waals surface area (Å²) in [5.41, 5.74) is 1.22. The molecule has 0 radical (unpaired) electrons. The fourth-order valence-electron chi connectivity index (χ4n) is 4.45. The van der Waals surface area contributed by atoms with Crippen molar-refractivity contribution in [2.24, 2.45) is 5.92 Å². The van der Waals surface area contributed by atoms with Crippen LogP contribution in [0.5, 0.6) is 0 Å². The number of hydrogen-bond acceptors (Lipinski definition) is 9. The van der Waals surface area contributed by atoms with Gasteiger partial charge in [0.05, 0.1) is 10.4 Å². The first-order chi connectivity index (χ1) is 17.7. The molecular formula is C26H33N7O4. The number of fused-ring (bicyclic) bond motifs is 1. The molecule has 0 spiro atoms. The molecule has 1 fully saturated rings. The van der Waals surface area contributed by atoms with Crippen LogP contribution >= 0.6 is 0 Å². The van der Waals surface area contributed by atoms with Crippen molar-refractivity contribution >= 4 is 34.4 Å². The Hall–Kier alpha value is -4.02. The van der Waals surface area contributed by atoms with Gasteiger partial charge in [0.2, 0.25) is 11.8 Å². The quantitative estimate of drug-likeness (QED) is 0.282. The molecule has 1 aromatic carbocycles. The van der Waals surface area contributed by atoms with Crippen molar-refractivity contribution in [3.63, 3.8) is 0 Å². The summed E-state index contributed by atoms with van der Waals surface area (Å²) in [5.74, 6) is 0.807. The summed E-state index contributed by atoms with van der Waals surface area (Å²) in [6.07, 6.45) is 5.99. The van der Waals surface area contributed by atoms with Crippen LogP contribution in [0.15, 0.2) is 42.7 Å². The SMILES string of the molecule is CC(C)(C)OC(=O)N[C@H]1CC[C@H](CNc2nc(NCc3cccc4ncccc34)ncc2[N+](=O)[O-])CC1. The molecule has 0 saturated heterocycles. The highest BCUT2D eigenvalue weighted by Crippen LogP contribution is 2.28. The number of ether oxygens (including phenoxy) is 1. The number of rotatable bonds is 8. The van der Waals surface area contributed by atoms with E-state index in [-0.39, 0.29) is 17.5 Å². The Morgan fingerprint density at radius 2 is 1.89 bits per heavy atom. The van der Waals surface area contributed by atoms with E-state index in [0.29, 0.717) is 25.0 Å². The van der Waals surface area contributed by atoms with Gasteiger partial charge < -0.3 is 20.7 Å². The molecule has 0 atom stereocenters. The van der Waals surface area contributed by atoms with Gasteiger partial charge in [-0.2, -0.15) is 4.98 Å². The number of aromatic nitrogens is 3. The highest BCUT2D eigenvalue weighted by Gasteiger charge is 2.26. The molecule has 2 heterocycles. The predicted molar refractivity (Wildman–Crippen MR) is 141 cm³/mol. The Morgan fingerprint density at radius 3 is 2.62 bits per heavy atom. The van der Waals surface area contributed by atoms with Gasteiger partial charge in [-0.3, -0.25) is 15.1 Å². The Labute approximate surface area is 215 Å². The average Bonchev–Trinajstić information content (AvgIpc) is 2.85. The van der Waals surface area contributed by atoms with E-state index in [4.69, 9.17) is 4.74 Å². The van der Waals surface area contributed by atoms with E-state index in [1.165, 1.54) is 6.20 Å². The van der Waals surface area contributed by atoms with Crippen LogP contribution in [-0.4, -0.2) is 44.2 Å². The van der Waals surface area contributed by atoms with Crippen LogP contribution in [0.3, 0.4) is 0 Å². The zero-order valence-electron chi connectivity index (χ0n) is 21.4. The van der Waals surface area contributed by atoms with Gasteiger partial charge in [0.15, 0.2) is 0 Å². The van der Waals surface area contributed by atoms with Gasteiger partial charge in [-0.1, -0.05) is 18.2 Å². The zero-order chi connectivity index (χ0) is 26.4. The first kappa shape index (κ1) is 26.1. The predicted octanol–water partition coefficient (Wildman–Crippen LogP) is 5.04. The molecule has 0 unspecified atom stereocenters. The summed E-state index contributed by atoms with van der Waals surface area (Å²) in [6, 6.07) is 9.84. The molecule has 0 bridgehead atoms. The first-order valence-electron chi connectivity index (χ1n) is 12.5. The molecule has 1 aliphatic rings. The smallest absolute Gasteiger partial charge is 0.407 e. The molecule has 1 aliphatic carbocycles. The molecule has 0 aliphatic heterocycles. The summed E-state index contributed by atoms with van der Waals surface area (Å²) >= 11 is 0. The van der Waals surface area contributed by atoms with E-state index in [1.54, 1.807) is 6.20 Å². The third kappa shape index (κ3) is 7.25. The largest absolute Gasteiger partial charge is 0.444 e. The van der Waals surface area contributed by atoms with Crippen LogP contribution in [-0.2, 0) is 11.3 Å². The molecule has 1 saturated carbocycles. The lowest BCUT2D eigenvalue weighted by Crippen LogP contribution is -2.41. The number of nitrogens with one attached hydrogen (secondary N) is 3. The van der Waals surface area contributed by atoms with Gasteiger partial charge in [0.1, 0.15) is 11.8 Å². The van der Waals surface area contributed by atoms with E-state index < -0.39 is 16.6 Å². The number of alkyl carbamates (subject to hydrolysis) is 1. The van der Waals surface area contributed by atoms with Crippen LogP contribution in [0.25, 0.3) is 10.9 Å². The van der Waals surface area contributed by atoms with E-state index in [0.717, 1.165) is 42.1 Å². The average molecular weight is 508 g/mol. The fourth-order valence-corrected chi connectivity index (χ4v) is 4.45. The van der Waals surface area contributed by atoms with Crippen LogP contribution in [0.4, 0.5) is 22.2 Å². The molecular weight excluding hydrogens is 474 g/mol. The Balaban J connectivity index is 1.33. The normalized spacial score (nSPS) is 17.7. The topological polar surface area (TPSA) is 144 Å². The van der Waals surface area contributed by atoms with Crippen molar-refractivity contribution in [1.29, 1.82) is 0 Å². The van der Waals surface area contributed by atoms with Crippen LogP contribution in [0, 0.1) is 16.0 Å². The van der Waals surface area contributed by atoms with Crippen LogP contribution < -0.4 is 16.0 Å². The second-order valence-corrected chi connectivity index (χ2v) is 10.3. The van der Waals surface area contributed by atoms with Crippen molar-refractivity contribution in [2.45, 2.75) is 64.6 Å². The van der Waals surface area contributed by atoms with E-state index >= 15 is 0 Å². The maximum Gasteiger partial charge on any atom is 0.407 e. The lowest BCUT2D eigenvalue weighted by molar-refractivity contribution is -0.384. The standard InChI is InChI=1S/C26H33N7O4/c1-26(2,3)37-25(34)31-19-11-9-17(10-12-19)14-28-23-22(33(35)36)16-30-24(32-23)29-15-18-6-4-8-21-20(18)7-5-13-27-21/h4-8,13,16-17,19H,9-12,14-15H2,1-3H3,(H,31,34)(H2,28,29,30,32)/t17-,19-. The molecule has 1 amide bonds. The van der Waals surface area contributed by atoms with E-state index in [1.807, 2.05) is 51.1 Å².